The SMILES string of the molecule is N#Cc1ccc(NC(=O)[C@H]2[C@@H](c3ccccc3)CCN2C(=O)[C@H]2CC[C@H](CNC(=O)O)CC2)cc1. The van der Waals surface area contributed by atoms with Crippen molar-refractivity contribution >= 4 is 23.6 Å². The number of carbonyl (C=O) groups excluding carboxylic acids is 2. The van der Waals surface area contributed by atoms with Crippen LogP contribution in [0, 0.1) is 23.2 Å². The van der Waals surface area contributed by atoms with E-state index in [-0.39, 0.29) is 29.6 Å². The smallest absolute Gasteiger partial charge is 0.404 e. The van der Waals surface area contributed by atoms with Gasteiger partial charge in [-0.1, -0.05) is 30.3 Å². The van der Waals surface area contributed by atoms with Crippen molar-refractivity contribution in [3.8, 4) is 6.07 Å². The second-order valence-corrected chi connectivity index (χ2v) is 9.36. The van der Waals surface area contributed by atoms with Crippen molar-refractivity contribution < 1.29 is 19.5 Å². The van der Waals surface area contributed by atoms with Gasteiger partial charge in [0.2, 0.25) is 11.8 Å². The fourth-order valence-corrected chi connectivity index (χ4v) is 5.34. The summed E-state index contributed by atoms with van der Waals surface area (Å²) in [6.45, 7) is 0.927. The first kappa shape index (κ1) is 24.3. The number of carbonyl (C=O) groups is 3. The van der Waals surface area contributed by atoms with Gasteiger partial charge in [-0.15, -0.1) is 0 Å². The van der Waals surface area contributed by atoms with E-state index >= 15 is 0 Å². The largest absolute Gasteiger partial charge is 0.465 e. The lowest BCUT2D eigenvalue weighted by Gasteiger charge is -2.33. The predicted octanol–water partition coefficient (Wildman–Crippen LogP) is 3.96. The number of hydrogen-bond donors (Lipinski definition) is 3. The average Bonchev–Trinajstić information content (AvgIpc) is 3.34. The van der Waals surface area contributed by atoms with Crippen LogP contribution in [0.5, 0.6) is 0 Å². The quantitative estimate of drug-likeness (QED) is 0.585. The molecule has 35 heavy (non-hydrogen) atoms. The maximum atomic E-state index is 13.6. The number of nitrogens with zero attached hydrogens (tertiary/aromatic N) is 2. The average molecular weight is 475 g/mol. The van der Waals surface area contributed by atoms with E-state index in [0.29, 0.717) is 43.6 Å². The molecule has 8 heteroatoms. The molecule has 0 radical (unpaired) electrons. The van der Waals surface area contributed by atoms with Crippen molar-refractivity contribution in [2.24, 2.45) is 11.8 Å². The Labute approximate surface area is 204 Å². The van der Waals surface area contributed by atoms with E-state index < -0.39 is 12.1 Å². The lowest BCUT2D eigenvalue weighted by Crippen LogP contribution is -2.48. The lowest BCUT2D eigenvalue weighted by atomic mass is 9.81. The molecule has 1 saturated heterocycles. The summed E-state index contributed by atoms with van der Waals surface area (Å²) in [6.07, 6.45) is 2.65. The highest BCUT2D eigenvalue weighted by Gasteiger charge is 2.44. The standard InChI is InChI=1S/C27H30N4O4/c28-16-18-8-12-22(13-9-18)30-25(32)24-23(20-4-2-1-3-5-20)14-15-31(24)26(33)21-10-6-19(7-11-21)17-29-27(34)35/h1-5,8-9,12-13,19,21,23-24,29H,6-7,10-11,14-15,17H2,(H,30,32)(H,34,35)/t19-,21-,23-,24-/m1/s1. The number of amides is 3. The highest BCUT2D eigenvalue weighted by molar-refractivity contribution is 5.98. The van der Waals surface area contributed by atoms with Gasteiger partial charge < -0.3 is 20.6 Å². The molecule has 3 N–H and O–H groups in total. The summed E-state index contributed by atoms with van der Waals surface area (Å²) in [5, 5.41) is 23.3. The third-order valence-electron chi connectivity index (χ3n) is 7.20. The van der Waals surface area contributed by atoms with Gasteiger partial charge in [0.05, 0.1) is 11.6 Å². The second kappa shape index (κ2) is 11.0. The number of benzene rings is 2. The molecule has 2 fully saturated rings. The molecule has 182 valence electrons. The molecule has 0 bridgehead atoms. The molecule has 1 aliphatic heterocycles. The highest BCUT2D eigenvalue weighted by atomic mass is 16.4. The van der Waals surface area contributed by atoms with E-state index in [1.807, 2.05) is 30.3 Å². The molecule has 1 saturated carbocycles. The zero-order valence-electron chi connectivity index (χ0n) is 19.5. The minimum atomic E-state index is -1.02. The first-order valence-corrected chi connectivity index (χ1v) is 12.1. The van der Waals surface area contributed by atoms with E-state index in [1.165, 1.54) is 0 Å². The normalized spacial score (nSPS) is 23.8. The van der Waals surface area contributed by atoms with Crippen LogP contribution in [-0.2, 0) is 9.59 Å². The first-order chi connectivity index (χ1) is 17.0. The van der Waals surface area contributed by atoms with Crippen LogP contribution in [0.2, 0.25) is 0 Å². The molecule has 0 spiro atoms. The molecule has 2 aromatic carbocycles. The van der Waals surface area contributed by atoms with E-state index in [4.69, 9.17) is 10.4 Å². The fraction of sp³-hybridized carbons (Fsp3) is 0.407. The molecule has 2 aliphatic rings. The Balaban J connectivity index is 1.49. The highest BCUT2D eigenvalue weighted by Crippen LogP contribution is 2.38. The van der Waals surface area contributed by atoms with Crippen molar-refractivity contribution in [2.75, 3.05) is 18.4 Å². The van der Waals surface area contributed by atoms with Crippen LogP contribution in [0.4, 0.5) is 10.5 Å². The molecule has 1 heterocycles. The van der Waals surface area contributed by atoms with Crippen LogP contribution in [0.3, 0.4) is 0 Å². The summed E-state index contributed by atoms with van der Waals surface area (Å²) in [5.74, 6) is -0.242. The van der Waals surface area contributed by atoms with Gasteiger partial charge in [-0.05, 0) is 67.9 Å². The second-order valence-electron chi connectivity index (χ2n) is 9.36. The number of carboxylic acid groups (broad SMARTS) is 1. The van der Waals surface area contributed by atoms with Crippen LogP contribution >= 0.6 is 0 Å². The van der Waals surface area contributed by atoms with Crippen LogP contribution < -0.4 is 10.6 Å². The monoisotopic (exact) mass is 474 g/mol. The minimum absolute atomic E-state index is 0.00746. The van der Waals surface area contributed by atoms with Crippen LogP contribution in [0.15, 0.2) is 54.6 Å². The van der Waals surface area contributed by atoms with E-state index in [9.17, 15) is 14.4 Å². The van der Waals surface area contributed by atoms with Crippen molar-refractivity contribution in [3.05, 3.63) is 65.7 Å². The zero-order chi connectivity index (χ0) is 24.8. The summed E-state index contributed by atoms with van der Waals surface area (Å²) in [5.41, 5.74) is 2.13. The number of anilines is 1. The van der Waals surface area contributed by atoms with Gasteiger partial charge in [0.1, 0.15) is 6.04 Å². The number of nitriles is 1. The molecule has 1 aliphatic carbocycles. The molecule has 3 amide bonds. The van der Waals surface area contributed by atoms with Gasteiger partial charge in [-0.25, -0.2) is 4.79 Å². The molecule has 4 rings (SSSR count). The number of nitrogens with one attached hydrogen (secondary N) is 2. The minimum Gasteiger partial charge on any atom is -0.465 e. The van der Waals surface area contributed by atoms with Gasteiger partial charge in [-0.3, -0.25) is 9.59 Å². The van der Waals surface area contributed by atoms with Gasteiger partial charge in [0, 0.05) is 30.6 Å². The van der Waals surface area contributed by atoms with Crippen LogP contribution in [-0.4, -0.2) is 47.0 Å². The maximum absolute atomic E-state index is 13.6. The van der Waals surface area contributed by atoms with Crippen molar-refractivity contribution in [3.63, 3.8) is 0 Å². The van der Waals surface area contributed by atoms with Crippen LogP contribution in [0.1, 0.15) is 49.1 Å². The van der Waals surface area contributed by atoms with Gasteiger partial charge in [0.25, 0.3) is 0 Å². The Morgan fingerprint density at radius 3 is 2.29 bits per heavy atom. The maximum Gasteiger partial charge on any atom is 0.404 e. The van der Waals surface area contributed by atoms with E-state index in [1.54, 1.807) is 29.2 Å². The molecule has 2 atom stereocenters. The van der Waals surface area contributed by atoms with Crippen molar-refractivity contribution in [2.45, 2.75) is 44.1 Å². The molecule has 2 aromatic rings. The zero-order valence-corrected chi connectivity index (χ0v) is 19.5. The summed E-state index contributed by atoms with van der Waals surface area (Å²) in [7, 11) is 0. The van der Waals surface area contributed by atoms with Crippen LogP contribution in [0.25, 0.3) is 0 Å². The Bertz CT molecular complexity index is 1090. The summed E-state index contributed by atoms with van der Waals surface area (Å²) in [6, 6.07) is 18.0. The van der Waals surface area contributed by atoms with Crippen molar-refractivity contribution in [1.29, 1.82) is 5.26 Å². The predicted molar refractivity (Wildman–Crippen MR) is 131 cm³/mol. The summed E-state index contributed by atoms with van der Waals surface area (Å²) in [4.78, 5) is 39.6. The Kier molecular flexibility index (Phi) is 7.66. The summed E-state index contributed by atoms with van der Waals surface area (Å²) >= 11 is 0. The third-order valence-corrected chi connectivity index (χ3v) is 7.20. The number of likely N-dealkylation sites (tertiary alicyclic amines) is 1. The van der Waals surface area contributed by atoms with Crippen molar-refractivity contribution in [1.82, 2.24) is 10.2 Å². The Hall–Kier alpha value is -3.86. The van der Waals surface area contributed by atoms with E-state index in [2.05, 4.69) is 16.7 Å². The Morgan fingerprint density at radius 2 is 1.66 bits per heavy atom. The number of hydrogen-bond acceptors (Lipinski definition) is 4. The lowest BCUT2D eigenvalue weighted by molar-refractivity contribution is -0.141. The summed E-state index contributed by atoms with van der Waals surface area (Å²) < 4.78 is 0. The molecular formula is C27H30N4O4. The van der Waals surface area contributed by atoms with E-state index in [0.717, 1.165) is 18.4 Å². The van der Waals surface area contributed by atoms with Gasteiger partial charge in [-0.2, -0.15) is 5.26 Å². The number of rotatable bonds is 6. The molecule has 8 nitrogen and oxygen atoms in total. The fourth-order valence-electron chi connectivity index (χ4n) is 5.34. The topological polar surface area (TPSA) is 123 Å². The molecule has 0 aromatic heterocycles. The first-order valence-electron chi connectivity index (χ1n) is 12.1. The Morgan fingerprint density at radius 1 is 0.971 bits per heavy atom. The van der Waals surface area contributed by atoms with Gasteiger partial charge >= 0.3 is 6.09 Å². The molecule has 0 unspecified atom stereocenters. The third kappa shape index (κ3) is 5.80. The van der Waals surface area contributed by atoms with Gasteiger partial charge in [0.15, 0.2) is 0 Å². The molecular weight excluding hydrogens is 444 g/mol.